The molecule has 1 aromatic rings. The highest BCUT2D eigenvalue weighted by molar-refractivity contribution is 6.29. The van der Waals surface area contributed by atoms with E-state index in [-0.39, 0.29) is 36.1 Å². The number of alkyl halides is 2. The third-order valence-corrected chi connectivity index (χ3v) is 5.85. The van der Waals surface area contributed by atoms with Gasteiger partial charge >= 0.3 is 0 Å². The second-order valence-corrected chi connectivity index (χ2v) is 7.87. The number of pyridine rings is 1. The molecule has 0 atom stereocenters. The SMILES string of the molecule is O=C(NC1CCC(N2CCC(F)(F)C2)CC1)c1nc(Cl)cc2c1COC2. The number of nitrogens with one attached hydrogen (secondary N) is 1. The number of aromatic nitrogens is 1. The predicted octanol–water partition coefficient (Wildman–Crippen LogP) is 3.15. The van der Waals surface area contributed by atoms with Crippen LogP contribution in [-0.2, 0) is 18.0 Å². The zero-order valence-corrected chi connectivity index (χ0v) is 15.2. The van der Waals surface area contributed by atoms with Crippen LogP contribution in [0.5, 0.6) is 0 Å². The molecule has 2 aliphatic heterocycles. The fourth-order valence-electron chi connectivity index (χ4n) is 4.24. The highest BCUT2D eigenvalue weighted by Crippen LogP contribution is 2.33. The highest BCUT2D eigenvalue weighted by Gasteiger charge is 2.41. The molecule has 142 valence electrons. The summed E-state index contributed by atoms with van der Waals surface area (Å²) in [7, 11) is 0. The molecule has 0 bridgehead atoms. The van der Waals surface area contributed by atoms with Crippen LogP contribution < -0.4 is 5.32 Å². The van der Waals surface area contributed by atoms with Gasteiger partial charge in [0.2, 0.25) is 0 Å². The van der Waals surface area contributed by atoms with Gasteiger partial charge in [-0.05, 0) is 37.3 Å². The summed E-state index contributed by atoms with van der Waals surface area (Å²) in [6, 6.07) is 1.97. The topological polar surface area (TPSA) is 54.5 Å². The number of ether oxygens (including phenoxy) is 1. The number of rotatable bonds is 3. The number of hydrogen-bond acceptors (Lipinski definition) is 4. The second-order valence-electron chi connectivity index (χ2n) is 7.48. The number of carbonyl (C=O) groups is 1. The van der Waals surface area contributed by atoms with Crippen molar-refractivity contribution in [3.05, 3.63) is 28.0 Å². The van der Waals surface area contributed by atoms with E-state index < -0.39 is 5.92 Å². The minimum atomic E-state index is -2.55. The first-order valence-electron chi connectivity index (χ1n) is 9.10. The van der Waals surface area contributed by atoms with Gasteiger partial charge in [-0.15, -0.1) is 0 Å². The third-order valence-electron chi connectivity index (χ3n) is 5.65. The van der Waals surface area contributed by atoms with Crippen LogP contribution in [-0.4, -0.2) is 46.9 Å². The molecule has 1 aromatic heterocycles. The quantitative estimate of drug-likeness (QED) is 0.812. The Morgan fingerprint density at radius 2 is 2.08 bits per heavy atom. The number of likely N-dealkylation sites (tertiary alicyclic amines) is 1. The lowest BCUT2D eigenvalue weighted by Crippen LogP contribution is -2.44. The smallest absolute Gasteiger partial charge is 0.270 e. The van der Waals surface area contributed by atoms with E-state index in [0.29, 0.717) is 25.5 Å². The minimum absolute atomic E-state index is 0.0422. The third kappa shape index (κ3) is 3.70. The normalized spacial score (nSPS) is 28.1. The zero-order valence-electron chi connectivity index (χ0n) is 14.4. The van der Waals surface area contributed by atoms with Crippen LogP contribution in [0.1, 0.15) is 53.7 Å². The van der Waals surface area contributed by atoms with Crippen molar-refractivity contribution in [2.24, 2.45) is 0 Å². The van der Waals surface area contributed by atoms with Gasteiger partial charge in [0.15, 0.2) is 0 Å². The predicted molar refractivity (Wildman–Crippen MR) is 92.4 cm³/mol. The Hall–Kier alpha value is -1.31. The Bertz CT molecular complexity index is 708. The Morgan fingerprint density at radius 1 is 1.31 bits per heavy atom. The summed E-state index contributed by atoms with van der Waals surface area (Å²) in [6.07, 6.45) is 3.18. The molecule has 26 heavy (non-hydrogen) atoms. The fourth-order valence-corrected chi connectivity index (χ4v) is 4.46. The lowest BCUT2D eigenvalue weighted by atomic mass is 9.90. The van der Waals surface area contributed by atoms with Gasteiger partial charge in [-0.1, -0.05) is 11.6 Å². The molecule has 0 unspecified atom stereocenters. The molecule has 1 saturated carbocycles. The average molecular weight is 386 g/mol. The van der Waals surface area contributed by atoms with Crippen molar-refractivity contribution >= 4 is 17.5 Å². The van der Waals surface area contributed by atoms with Gasteiger partial charge < -0.3 is 10.1 Å². The first kappa shape index (κ1) is 18.1. The van der Waals surface area contributed by atoms with Crippen molar-refractivity contribution in [1.82, 2.24) is 15.2 Å². The number of halogens is 3. The van der Waals surface area contributed by atoms with E-state index in [1.54, 1.807) is 6.07 Å². The molecule has 0 radical (unpaired) electrons. The van der Waals surface area contributed by atoms with Crippen LogP contribution in [0.3, 0.4) is 0 Å². The standard InChI is InChI=1S/C18H22ClF2N3O2/c19-15-7-11-8-26-9-14(11)16(23-15)17(25)22-12-1-3-13(4-2-12)24-6-5-18(20,21)10-24/h7,12-13H,1-6,8-10H2,(H,22,25). The van der Waals surface area contributed by atoms with E-state index in [4.69, 9.17) is 16.3 Å². The molecule has 4 rings (SSSR count). The summed E-state index contributed by atoms with van der Waals surface area (Å²) in [5.41, 5.74) is 2.06. The maximum Gasteiger partial charge on any atom is 0.270 e. The maximum atomic E-state index is 13.4. The average Bonchev–Trinajstić information content (AvgIpc) is 3.20. The monoisotopic (exact) mass is 385 g/mol. The van der Waals surface area contributed by atoms with Gasteiger partial charge in [0.05, 0.1) is 19.8 Å². The number of hydrogen-bond donors (Lipinski definition) is 1. The van der Waals surface area contributed by atoms with Gasteiger partial charge in [0, 0.05) is 30.6 Å². The molecule has 1 N–H and O–H groups in total. The fraction of sp³-hybridized carbons (Fsp3) is 0.667. The molecule has 1 saturated heterocycles. The van der Waals surface area contributed by atoms with Gasteiger partial charge in [-0.2, -0.15) is 0 Å². The summed E-state index contributed by atoms with van der Waals surface area (Å²) >= 11 is 6.02. The van der Waals surface area contributed by atoms with Gasteiger partial charge in [-0.25, -0.2) is 13.8 Å². The van der Waals surface area contributed by atoms with Crippen LogP contribution in [0.25, 0.3) is 0 Å². The first-order valence-corrected chi connectivity index (χ1v) is 9.48. The van der Waals surface area contributed by atoms with E-state index in [1.807, 2.05) is 4.90 Å². The van der Waals surface area contributed by atoms with Gasteiger partial charge in [0.25, 0.3) is 11.8 Å². The van der Waals surface area contributed by atoms with E-state index in [1.165, 1.54) is 0 Å². The van der Waals surface area contributed by atoms with Gasteiger partial charge in [0.1, 0.15) is 10.8 Å². The molecule has 1 amide bonds. The molecule has 8 heteroatoms. The highest BCUT2D eigenvalue weighted by atomic mass is 35.5. The zero-order chi connectivity index (χ0) is 18.3. The maximum absolute atomic E-state index is 13.4. The van der Waals surface area contributed by atoms with Crippen molar-refractivity contribution in [1.29, 1.82) is 0 Å². The molecule has 5 nitrogen and oxygen atoms in total. The summed E-state index contributed by atoms with van der Waals surface area (Å²) in [5, 5.41) is 3.33. The van der Waals surface area contributed by atoms with Crippen LogP contribution >= 0.6 is 11.6 Å². The van der Waals surface area contributed by atoms with Crippen molar-refractivity contribution in [3.8, 4) is 0 Å². The van der Waals surface area contributed by atoms with E-state index in [0.717, 1.165) is 36.8 Å². The Labute approximate surface area is 156 Å². The van der Waals surface area contributed by atoms with E-state index >= 15 is 0 Å². The molecular formula is C18H22ClF2N3O2. The number of amides is 1. The Kier molecular flexibility index (Phi) is 4.88. The van der Waals surface area contributed by atoms with Crippen molar-refractivity contribution in [3.63, 3.8) is 0 Å². The lowest BCUT2D eigenvalue weighted by molar-refractivity contribution is 0.00504. The molecule has 0 aromatic carbocycles. The van der Waals surface area contributed by atoms with Crippen LogP contribution in [0.4, 0.5) is 8.78 Å². The van der Waals surface area contributed by atoms with E-state index in [9.17, 15) is 13.6 Å². The van der Waals surface area contributed by atoms with Crippen molar-refractivity contribution in [2.45, 2.75) is 63.3 Å². The molecule has 3 heterocycles. The number of nitrogens with zero attached hydrogens (tertiary/aromatic N) is 2. The molecule has 3 aliphatic rings. The first-order chi connectivity index (χ1) is 12.4. The Balaban J connectivity index is 1.34. The number of fused-ring (bicyclic) bond motifs is 1. The summed E-state index contributed by atoms with van der Waals surface area (Å²) in [4.78, 5) is 18.7. The molecule has 0 spiro atoms. The van der Waals surface area contributed by atoms with Gasteiger partial charge in [-0.3, -0.25) is 9.69 Å². The summed E-state index contributed by atoms with van der Waals surface area (Å²) < 4.78 is 32.2. The Morgan fingerprint density at radius 3 is 2.77 bits per heavy atom. The lowest BCUT2D eigenvalue weighted by Gasteiger charge is -2.34. The van der Waals surface area contributed by atoms with Crippen LogP contribution in [0.2, 0.25) is 5.15 Å². The largest absolute Gasteiger partial charge is 0.372 e. The summed E-state index contributed by atoms with van der Waals surface area (Å²) in [6.45, 7) is 1.15. The molecular weight excluding hydrogens is 364 g/mol. The van der Waals surface area contributed by atoms with Crippen LogP contribution in [0.15, 0.2) is 6.07 Å². The molecule has 1 aliphatic carbocycles. The van der Waals surface area contributed by atoms with Crippen molar-refractivity contribution < 1.29 is 18.3 Å². The van der Waals surface area contributed by atoms with Crippen molar-refractivity contribution in [2.75, 3.05) is 13.1 Å². The van der Waals surface area contributed by atoms with E-state index in [2.05, 4.69) is 10.3 Å². The van der Waals surface area contributed by atoms with Crippen LogP contribution in [0, 0.1) is 0 Å². The summed E-state index contributed by atoms with van der Waals surface area (Å²) in [5.74, 6) is -2.78. The number of carbonyl (C=O) groups excluding carboxylic acids is 1. The molecule has 2 fully saturated rings. The minimum Gasteiger partial charge on any atom is -0.372 e. The second kappa shape index (κ2) is 7.02.